The molecule has 1 rings (SSSR count). The topological polar surface area (TPSA) is 17.8 Å². The third-order valence-electron chi connectivity index (χ3n) is 2.15. The second-order valence-electron chi connectivity index (χ2n) is 4.02. The van der Waals surface area contributed by atoms with E-state index in [1.54, 1.807) is 0 Å². The van der Waals surface area contributed by atoms with E-state index < -0.39 is 0 Å². The van der Waals surface area contributed by atoms with E-state index >= 15 is 0 Å². The summed E-state index contributed by atoms with van der Waals surface area (Å²) in [6.07, 6.45) is 0. The summed E-state index contributed by atoms with van der Waals surface area (Å²) in [6, 6.07) is 0. The standard InChI is InChI=1S/C10H17ClN2/c1-6(2)9-8(11)10(7(3)4)13(5)12-9/h6-7H,1-5H3. The lowest BCUT2D eigenvalue weighted by molar-refractivity contribution is 0.653. The third kappa shape index (κ3) is 1.88. The molecule has 0 bridgehead atoms. The van der Waals surface area contributed by atoms with Crippen LogP contribution in [0.15, 0.2) is 0 Å². The SMILES string of the molecule is CC(C)c1nn(C)c(C(C)C)c1Cl. The molecule has 13 heavy (non-hydrogen) atoms. The highest BCUT2D eigenvalue weighted by atomic mass is 35.5. The molecule has 0 saturated carbocycles. The van der Waals surface area contributed by atoms with E-state index in [1.807, 2.05) is 11.7 Å². The van der Waals surface area contributed by atoms with Crippen LogP contribution in [0.4, 0.5) is 0 Å². The van der Waals surface area contributed by atoms with Crippen molar-refractivity contribution in [2.75, 3.05) is 0 Å². The molecule has 0 aromatic carbocycles. The number of rotatable bonds is 2. The fourth-order valence-corrected chi connectivity index (χ4v) is 2.13. The van der Waals surface area contributed by atoms with Crippen LogP contribution in [0.1, 0.15) is 50.9 Å². The molecule has 3 heteroatoms. The van der Waals surface area contributed by atoms with Gasteiger partial charge in [-0.25, -0.2) is 0 Å². The lowest BCUT2D eigenvalue weighted by Crippen LogP contribution is -2.00. The molecule has 0 saturated heterocycles. The first-order valence-electron chi connectivity index (χ1n) is 4.67. The van der Waals surface area contributed by atoms with Gasteiger partial charge in [-0.1, -0.05) is 39.3 Å². The maximum absolute atomic E-state index is 6.24. The van der Waals surface area contributed by atoms with Crippen molar-refractivity contribution in [3.63, 3.8) is 0 Å². The molecule has 0 unspecified atom stereocenters. The van der Waals surface area contributed by atoms with Crippen LogP contribution in [-0.2, 0) is 7.05 Å². The molecule has 0 amide bonds. The molecule has 74 valence electrons. The zero-order valence-electron chi connectivity index (χ0n) is 8.93. The Bertz CT molecular complexity index is 300. The van der Waals surface area contributed by atoms with Crippen LogP contribution in [-0.4, -0.2) is 9.78 Å². The highest BCUT2D eigenvalue weighted by Crippen LogP contribution is 2.30. The van der Waals surface area contributed by atoms with Gasteiger partial charge in [0.2, 0.25) is 0 Å². The van der Waals surface area contributed by atoms with Gasteiger partial charge in [0.25, 0.3) is 0 Å². The lowest BCUT2D eigenvalue weighted by Gasteiger charge is -2.05. The zero-order chi connectivity index (χ0) is 10.2. The summed E-state index contributed by atoms with van der Waals surface area (Å²) in [7, 11) is 1.95. The van der Waals surface area contributed by atoms with Crippen LogP contribution in [0, 0.1) is 0 Å². The molecule has 0 N–H and O–H groups in total. The average molecular weight is 201 g/mol. The van der Waals surface area contributed by atoms with Gasteiger partial charge in [0, 0.05) is 7.05 Å². The Morgan fingerprint density at radius 2 is 1.69 bits per heavy atom. The van der Waals surface area contributed by atoms with Gasteiger partial charge in [-0.15, -0.1) is 0 Å². The summed E-state index contributed by atoms with van der Waals surface area (Å²) in [4.78, 5) is 0. The van der Waals surface area contributed by atoms with E-state index in [-0.39, 0.29) is 0 Å². The second-order valence-corrected chi connectivity index (χ2v) is 4.40. The molecule has 1 heterocycles. The summed E-state index contributed by atoms with van der Waals surface area (Å²) in [5, 5.41) is 5.26. The van der Waals surface area contributed by atoms with E-state index in [0.29, 0.717) is 11.8 Å². The van der Waals surface area contributed by atoms with E-state index in [0.717, 1.165) is 16.4 Å². The van der Waals surface area contributed by atoms with Crippen molar-refractivity contribution in [2.45, 2.75) is 39.5 Å². The van der Waals surface area contributed by atoms with Crippen molar-refractivity contribution in [1.82, 2.24) is 9.78 Å². The molecule has 0 aliphatic rings. The van der Waals surface area contributed by atoms with Gasteiger partial charge in [-0.3, -0.25) is 4.68 Å². The van der Waals surface area contributed by atoms with Gasteiger partial charge in [0.15, 0.2) is 0 Å². The molecule has 1 aromatic rings. The van der Waals surface area contributed by atoms with Crippen molar-refractivity contribution in [2.24, 2.45) is 7.05 Å². The lowest BCUT2D eigenvalue weighted by atomic mass is 10.1. The van der Waals surface area contributed by atoms with Gasteiger partial charge in [0.05, 0.1) is 16.4 Å². The molecule has 0 atom stereocenters. The minimum absolute atomic E-state index is 0.395. The van der Waals surface area contributed by atoms with Crippen molar-refractivity contribution in [3.05, 3.63) is 16.4 Å². The van der Waals surface area contributed by atoms with Gasteiger partial charge < -0.3 is 0 Å². The quantitative estimate of drug-likeness (QED) is 0.716. The molecule has 0 radical (unpaired) electrons. The Morgan fingerprint density at radius 1 is 1.15 bits per heavy atom. The summed E-state index contributed by atoms with van der Waals surface area (Å²) in [5.41, 5.74) is 2.14. The average Bonchev–Trinajstić information content (AvgIpc) is 2.26. The first-order valence-corrected chi connectivity index (χ1v) is 5.05. The minimum Gasteiger partial charge on any atom is -0.271 e. The number of hydrogen-bond donors (Lipinski definition) is 0. The Kier molecular flexibility index (Phi) is 3.01. The molecular formula is C10H17ClN2. The van der Waals surface area contributed by atoms with Crippen LogP contribution in [0.2, 0.25) is 5.02 Å². The van der Waals surface area contributed by atoms with Crippen LogP contribution < -0.4 is 0 Å². The van der Waals surface area contributed by atoms with Gasteiger partial charge in [-0.05, 0) is 11.8 Å². The molecule has 0 aliphatic carbocycles. The predicted molar refractivity (Wildman–Crippen MR) is 56.4 cm³/mol. The Hall–Kier alpha value is -0.500. The summed E-state index contributed by atoms with van der Waals surface area (Å²) in [5.74, 6) is 0.823. The highest BCUT2D eigenvalue weighted by molar-refractivity contribution is 6.32. The number of nitrogens with zero attached hydrogens (tertiary/aromatic N) is 2. The summed E-state index contributed by atoms with van der Waals surface area (Å²) in [6.45, 7) is 8.48. The molecule has 1 aromatic heterocycles. The Labute approximate surface area is 84.9 Å². The fraction of sp³-hybridized carbons (Fsp3) is 0.700. The van der Waals surface area contributed by atoms with Gasteiger partial charge in [-0.2, -0.15) is 5.10 Å². The first kappa shape index (κ1) is 10.6. The van der Waals surface area contributed by atoms with Crippen molar-refractivity contribution >= 4 is 11.6 Å². The maximum atomic E-state index is 6.24. The molecule has 0 fully saturated rings. The monoisotopic (exact) mass is 200 g/mol. The van der Waals surface area contributed by atoms with E-state index in [2.05, 4.69) is 32.8 Å². The van der Waals surface area contributed by atoms with Crippen molar-refractivity contribution in [1.29, 1.82) is 0 Å². The number of hydrogen-bond acceptors (Lipinski definition) is 1. The molecule has 2 nitrogen and oxygen atoms in total. The number of aryl methyl sites for hydroxylation is 1. The van der Waals surface area contributed by atoms with Crippen molar-refractivity contribution in [3.8, 4) is 0 Å². The summed E-state index contributed by atoms with van der Waals surface area (Å²) >= 11 is 6.24. The van der Waals surface area contributed by atoms with Crippen LogP contribution in [0.25, 0.3) is 0 Å². The highest BCUT2D eigenvalue weighted by Gasteiger charge is 2.18. The normalized spacial score (nSPS) is 11.7. The molecule has 0 aliphatic heterocycles. The Morgan fingerprint density at radius 3 is 1.92 bits per heavy atom. The van der Waals surface area contributed by atoms with E-state index in [1.165, 1.54) is 0 Å². The Balaban J connectivity index is 3.22. The second kappa shape index (κ2) is 3.70. The minimum atomic E-state index is 0.395. The summed E-state index contributed by atoms with van der Waals surface area (Å²) < 4.78 is 1.89. The largest absolute Gasteiger partial charge is 0.271 e. The van der Waals surface area contributed by atoms with E-state index in [9.17, 15) is 0 Å². The van der Waals surface area contributed by atoms with Gasteiger partial charge in [0.1, 0.15) is 0 Å². The third-order valence-corrected chi connectivity index (χ3v) is 2.54. The first-order chi connectivity index (χ1) is 5.95. The number of halogens is 1. The molecule has 0 spiro atoms. The maximum Gasteiger partial charge on any atom is 0.0855 e. The van der Waals surface area contributed by atoms with E-state index in [4.69, 9.17) is 11.6 Å². The predicted octanol–water partition coefficient (Wildman–Crippen LogP) is 3.32. The molecular weight excluding hydrogens is 184 g/mol. The van der Waals surface area contributed by atoms with Crippen molar-refractivity contribution < 1.29 is 0 Å². The van der Waals surface area contributed by atoms with Crippen LogP contribution in [0.5, 0.6) is 0 Å². The van der Waals surface area contributed by atoms with Crippen LogP contribution in [0.3, 0.4) is 0 Å². The fourth-order valence-electron chi connectivity index (χ4n) is 1.53. The number of aromatic nitrogens is 2. The smallest absolute Gasteiger partial charge is 0.0855 e. The van der Waals surface area contributed by atoms with Gasteiger partial charge >= 0.3 is 0 Å². The van der Waals surface area contributed by atoms with Crippen LogP contribution >= 0.6 is 11.6 Å². The zero-order valence-corrected chi connectivity index (χ0v) is 9.68.